The molecule has 0 unspecified atom stereocenters. The monoisotopic (exact) mass is 339 g/mol. The van der Waals surface area contributed by atoms with Crippen molar-refractivity contribution in [2.45, 2.75) is 24.9 Å². The van der Waals surface area contributed by atoms with Crippen LogP contribution in [0.4, 0.5) is 13.2 Å². The Morgan fingerprint density at radius 3 is 2.17 bits per heavy atom. The van der Waals surface area contributed by atoms with Gasteiger partial charge in [0.05, 0.1) is 12.1 Å². The van der Waals surface area contributed by atoms with Crippen LogP contribution in [0.3, 0.4) is 0 Å². The van der Waals surface area contributed by atoms with Crippen LogP contribution in [0.25, 0.3) is 0 Å². The zero-order valence-corrected chi connectivity index (χ0v) is 12.6. The van der Waals surface area contributed by atoms with Crippen molar-refractivity contribution in [2.24, 2.45) is 10.6 Å². The number of carboxylic acids is 1. The number of benzene rings is 1. The average Bonchev–Trinajstić information content (AvgIpc) is 2.55. The summed E-state index contributed by atoms with van der Waals surface area (Å²) in [5, 5.41) is 20.5. The molecule has 0 aliphatic heterocycles. The first-order valence-electron chi connectivity index (χ1n) is 7.24. The number of hydrogen-bond acceptors (Lipinski definition) is 3. The fourth-order valence-corrected chi connectivity index (χ4v) is 2.64. The third-order valence-corrected chi connectivity index (χ3v) is 3.96. The number of carboxylic acid groups (broad SMARTS) is 1. The van der Waals surface area contributed by atoms with Gasteiger partial charge in [-0.05, 0) is 5.56 Å². The highest BCUT2D eigenvalue weighted by Gasteiger charge is 2.55. The molecule has 0 bridgehead atoms. The number of carbonyl (C=O) groups is 1. The zero-order chi connectivity index (χ0) is 17.8. The molecule has 0 amide bonds. The molecule has 1 aromatic rings. The minimum atomic E-state index is -4.75. The second-order valence-corrected chi connectivity index (χ2v) is 5.46. The predicted octanol–water partition coefficient (Wildman–Crippen LogP) is 4.14. The Kier molecular flexibility index (Phi) is 5.11. The van der Waals surface area contributed by atoms with Gasteiger partial charge < -0.3 is 10.3 Å². The number of aliphatic carboxylic acids is 1. The van der Waals surface area contributed by atoms with E-state index >= 15 is 0 Å². The number of alkyl halides is 3. The molecule has 0 fully saturated rings. The first-order chi connectivity index (χ1) is 11.3. The van der Waals surface area contributed by atoms with Gasteiger partial charge in [-0.3, -0.25) is 4.79 Å². The highest BCUT2D eigenvalue weighted by Crippen LogP contribution is 2.46. The van der Waals surface area contributed by atoms with E-state index in [0.29, 0.717) is 0 Å². The molecule has 24 heavy (non-hydrogen) atoms. The summed E-state index contributed by atoms with van der Waals surface area (Å²) in [5.41, 5.74) is -2.41. The molecular weight excluding hydrogens is 323 g/mol. The van der Waals surface area contributed by atoms with Crippen molar-refractivity contribution >= 4 is 11.7 Å². The van der Waals surface area contributed by atoms with Crippen molar-refractivity contribution in [3.05, 3.63) is 60.2 Å². The Labute approximate surface area is 136 Å². The molecule has 0 spiro atoms. The van der Waals surface area contributed by atoms with Crippen LogP contribution in [-0.4, -0.2) is 28.2 Å². The lowest BCUT2D eigenvalue weighted by molar-refractivity contribution is -0.169. The van der Waals surface area contributed by atoms with Crippen LogP contribution in [0.2, 0.25) is 0 Å². The van der Waals surface area contributed by atoms with Crippen LogP contribution in [-0.2, 0) is 4.79 Å². The van der Waals surface area contributed by atoms with Gasteiger partial charge in [-0.1, -0.05) is 59.8 Å². The van der Waals surface area contributed by atoms with Crippen molar-refractivity contribution in [1.29, 1.82) is 0 Å². The van der Waals surface area contributed by atoms with Gasteiger partial charge >= 0.3 is 12.1 Å². The summed E-state index contributed by atoms with van der Waals surface area (Å²) in [5.74, 6) is -1.60. The quantitative estimate of drug-likeness (QED) is 0.367. The molecule has 0 aromatic heterocycles. The summed E-state index contributed by atoms with van der Waals surface area (Å²) < 4.78 is 40.9. The molecule has 1 aromatic carbocycles. The molecule has 0 saturated heterocycles. The van der Waals surface area contributed by atoms with Crippen LogP contribution in [0.1, 0.15) is 24.3 Å². The zero-order valence-electron chi connectivity index (χ0n) is 12.6. The van der Waals surface area contributed by atoms with E-state index in [1.54, 1.807) is 24.3 Å². The van der Waals surface area contributed by atoms with E-state index in [1.807, 2.05) is 6.07 Å². The van der Waals surface area contributed by atoms with Gasteiger partial charge in [-0.15, -0.1) is 0 Å². The van der Waals surface area contributed by atoms with Gasteiger partial charge in [0, 0.05) is 12.3 Å². The molecule has 7 heteroatoms. The predicted molar refractivity (Wildman–Crippen MR) is 82.0 cm³/mol. The summed E-state index contributed by atoms with van der Waals surface area (Å²) in [6.45, 7) is 0. The Hall–Kier alpha value is -2.57. The number of rotatable bonds is 5. The minimum Gasteiger partial charge on any atom is -0.481 e. The highest BCUT2D eigenvalue weighted by atomic mass is 19.4. The highest BCUT2D eigenvalue weighted by molar-refractivity contribution is 5.96. The van der Waals surface area contributed by atoms with Crippen molar-refractivity contribution in [3.63, 3.8) is 0 Å². The fraction of sp³-hybridized carbons (Fsp3) is 0.294. The normalized spacial score (nSPS) is 24.1. The van der Waals surface area contributed by atoms with E-state index < -0.39 is 36.1 Å². The lowest BCUT2D eigenvalue weighted by Gasteiger charge is -2.33. The van der Waals surface area contributed by atoms with Crippen molar-refractivity contribution in [1.82, 2.24) is 0 Å². The van der Waals surface area contributed by atoms with E-state index in [9.17, 15) is 18.0 Å². The van der Waals surface area contributed by atoms with Gasteiger partial charge in [0.1, 0.15) is 5.41 Å². The summed E-state index contributed by atoms with van der Waals surface area (Å²) in [4.78, 5) is 10.6. The Morgan fingerprint density at radius 1 is 1.12 bits per heavy atom. The van der Waals surface area contributed by atoms with Gasteiger partial charge in [-0.25, -0.2) is 0 Å². The summed E-state index contributed by atoms with van der Waals surface area (Å²) in [7, 11) is 0. The molecule has 0 heterocycles. The largest absolute Gasteiger partial charge is 0.481 e. The van der Waals surface area contributed by atoms with Crippen molar-refractivity contribution < 1.29 is 28.3 Å². The fourth-order valence-electron chi connectivity index (χ4n) is 2.64. The Balaban J connectivity index is 2.35. The molecule has 1 aliphatic carbocycles. The first-order valence-corrected chi connectivity index (χ1v) is 7.24. The molecule has 1 aliphatic rings. The van der Waals surface area contributed by atoms with Gasteiger partial charge in [0.25, 0.3) is 0 Å². The maximum Gasteiger partial charge on any atom is 0.406 e. The smallest absolute Gasteiger partial charge is 0.406 e. The molecule has 2 N–H and O–H groups in total. The molecular formula is C17H16F3NO3. The SMILES string of the molecule is O=C(O)CC/C(=N/O)C1(C(F)(F)F)C=CC(c2ccccc2)C=C1. The molecule has 0 radical (unpaired) electrons. The third-order valence-electron chi connectivity index (χ3n) is 3.96. The van der Waals surface area contributed by atoms with Crippen LogP contribution < -0.4 is 0 Å². The first kappa shape index (κ1) is 17.8. The lowest BCUT2D eigenvalue weighted by Crippen LogP contribution is -2.43. The number of oxime groups is 1. The number of hydrogen-bond donors (Lipinski definition) is 2. The second kappa shape index (κ2) is 6.90. The summed E-state index contributed by atoms with van der Waals surface area (Å²) >= 11 is 0. The topological polar surface area (TPSA) is 69.9 Å². The molecule has 4 nitrogen and oxygen atoms in total. The third kappa shape index (κ3) is 3.50. The standard InChI is InChI=1S/C17H16F3NO3/c18-17(19,20)16(14(21-24)6-7-15(22)23)10-8-13(9-11-16)12-4-2-1-3-5-12/h1-5,8-11,13,24H,6-7H2,(H,22,23)/b21-14-. The number of nitrogens with zero attached hydrogens (tertiary/aromatic N) is 1. The molecule has 0 atom stereocenters. The van der Waals surface area contributed by atoms with Crippen LogP contribution in [0, 0.1) is 5.41 Å². The van der Waals surface area contributed by atoms with Crippen LogP contribution in [0.15, 0.2) is 59.8 Å². The van der Waals surface area contributed by atoms with Crippen LogP contribution >= 0.6 is 0 Å². The van der Waals surface area contributed by atoms with Gasteiger partial charge in [0.15, 0.2) is 0 Å². The maximum absolute atomic E-state index is 13.6. The van der Waals surface area contributed by atoms with E-state index in [4.69, 9.17) is 10.3 Å². The lowest BCUT2D eigenvalue weighted by atomic mass is 9.74. The molecule has 2 rings (SSSR count). The average molecular weight is 339 g/mol. The molecule has 0 saturated carbocycles. The summed E-state index contributed by atoms with van der Waals surface area (Å²) in [6.07, 6.45) is -1.18. The maximum atomic E-state index is 13.6. The Morgan fingerprint density at radius 2 is 1.71 bits per heavy atom. The number of halogens is 3. The second-order valence-electron chi connectivity index (χ2n) is 5.46. The van der Waals surface area contributed by atoms with Crippen LogP contribution in [0.5, 0.6) is 0 Å². The van der Waals surface area contributed by atoms with Crippen molar-refractivity contribution in [2.75, 3.05) is 0 Å². The molecule has 128 valence electrons. The minimum absolute atomic E-state index is 0.332. The van der Waals surface area contributed by atoms with Gasteiger partial charge in [0.2, 0.25) is 0 Å². The van der Waals surface area contributed by atoms with Gasteiger partial charge in [-0.2, -0.15) is 13.2 Å². The van der Waals surface area contributed by atoms with E-state index in [0.717, 1.165) is 17.7 Å². The Bertz CT molecular complexity index is 664. The summed E-state index contributed by atoms with van der Waals surface area (Å²) in [6, 6.07) is 8.98. The van der Waals surface area contributed by atoms with E-state index in [2.05, 4.69) is 5.16 Å². The number of allylic oxidation sites excluding steroid dienone is 4. The van der Waals surface area contributed by atoms with Crippen molar-refractivity contribution in [3.8, 4) is 0 Å². The van der Waals surface area contributed by atoms with E-state index in [1.165, 1.54) is 12.2 Å². The van der Waals surface area contributed by atoms with E-state index in [-0.39, 0.29) is 5.92 Å².